The van der Waals surface area contributed by atoms with E-state index in [4.69, 9.17) is 11.6 Å². The fourth-order valence-corrected chi connectivity index (χ4v) is 2.48. The van der Waals surface area contributed by atoms with Crippen LogP contribution in [0.4, 0.5) is 5.69 Å². The van der Waals surface area contributed by atoms with E-state index in [1.165, 1.54) is 0 Å². The van der Waals surface area contributed by atoms with Gasteiger partial charge >= 0.3 is 0 Å². The van der Waals surface area contributed by atoms with Gasteiger partial charge in [-0.15, -0.1) is 0 Å². The molecule has 0 aliphatic carbocycles. The minimum atomic E-state index is -0.271. The zero-order valence-corrected chi connectivity index (χ0v) is 12.9. The number of carbonyl (C=O) groups excluding carboxylic acids is 1. The summed E-state index contributed by atoms with van der Waals surface area (Å²) in [7, 11) is 0. The van der Waals surface area contributed by atoms with Crippen molar-refractivity contribution in [2.75, 3.05) is 5.32 Å². The van der Waals surface area contributed by atoms with Crippen LogP contribution in [0.5, 0.6) is 0 Å². The smallest absolute Gasteiger partial charge is 0.257 e. The number of carbonyl (C=O) groups is 1. The molecule has 1 heterocycles. The Morgan fingerprint density at radius 3 is 2.61 bits per heavy atom. The van der Waals surface area contributed by atoms with Crippen LogP contribution in [-0.2, 0) is 0 Å². The minimum Gasteiger partial charge on any atom is -0.321 e. The van der Waals surface area contributed by atoms with Gasteiger partial charge in [-0.1, -0.05) is 27.5 Å². The molecule has 0 aliphatic rings. The van der Waals surface area contributed by atoms with Gasteiger partial charge in [0, 0.05) is 15.1 Å². The third kappa shape index (κ3) is 3.31. The zero-order chi connectivity index (χ0) is 13.1. The molecule has 92 valence electrons. The van der Waals surface area contributed by atoms with Gasteiger partial charge in [0.25, 0.3) is 5.91 Å². The summed E-state index contributed by atoms with van der Waals surface area (Å²) in [6.45, 7) is 0. The van der Waals surface area contributed by atoms with Crippen molar-refractivity contribution in [3.05, 3.63) is 56.2 Å². The summed E-state index contributed by atoms with van der Waals surface area (Å²) >= 11 is 12.6. The number of hydrogen-bond donors (Lipinski definition) is 1. The molecule has 0 aliphatic heterocycles. The molecule has 1 aromatic carbocycles. The van der Waals surface area contributed by atoms with E-state index in [2.05, 4.69) is 42.2 Å². The standard InChI is InChI=1S/C12H7Br2ClN2O/c13-7-1-2-10(11(15)4-7)12(18)17-9-3-8(14)5-16-6-9/h1-6H,(H,17,18). The highest BCUT2D eigenvalue weighted by Gasteiger charge is 2.11. The highest BCUT2D eigenvalue weighted by Crippen LogP contribution is 2.22. The van der Waals surface area contributed by atoms with Crippen LogP contribution in [0.15, 0.2) is 45.6 Å². The van der Waals surface area contributed by atoms with E-state index in [-0.39, 0.29) is 5.91 Å². The summed E-state index contributed by atoms with van der Waals surface area (Å²) in [6.07, 6.45) is 3.21. The summed E-state index contributed by atoms with van der Waals surface area (Å²) in [4.78, 5) is 16.0. The molecule has 0 fully saturated rings. The fraction of sp³-hybridized carbons (Fsp3) is 0. The maximum Gasteiger partial charge on any atom is 0.257 e. The molecule has 3 nitrogen and oxygen atoms in total. The molecular weight excluding hydrogens is 383 g/mol. The molecule has 2 rings (SSSR count). The summed E-state index contributed by atoms with van der Waals surface area (Å²) in [5.74, 6) is -0.271. The lowest BCUT2D eigenvalue weighted by Crippen LogP contribution is -2.12. The van der Waals surface area contributed by atoms with E-state index < -0.39 is 0 Å². The van der Waals surface area contributed by atoms with Gasteiger partial charge in [0.1, 0.15) is 0 Å². The molecule has 1 aromatic heterocycles. The third-order valence-corrected chi connectivity index (χ3v) is 3.38. The Morgan fingerprint density at radius 1 is 1.17 bits per heavy atom. The molecule has 18 heavy (non-hydrogen) atoms. The van der Waals surface area contributed by atoms with Crippen LogP contribution in [0.3, 0.4) is 0 Å². The number of nitrogens with zero attached hydrogens (tertiary/aromatic N) is 1. The maximum atomic E-state index is 12.0. The van der Waals surface area contributed by atoms with E-state index in [0.717, 1.165) is 8.95 Å². The van der Waals surface area contributed by atoms with Crippen LogP contribution in [0.2, 0.25) is 5.02 Å². The molecule has 0 spiro atoms. The molecular formula is C12H7Br2ClN2O. The van der Waals surface area contributed by atoms with Crippen molar-refractivity contribution >= 4 is 55.1 Å². The van der Waals surface area contributed by atoms with Gasteiger partial charge in [-0.05, 0) is 40.2 Å². The molecule has 0 bridgehead atoms. The lowest BCUT2D eigenvalue weighted by atomic mass is 10.2. The highest BCUT2D eigenvalue weighted by atomic mass is 79.9. The normalized spacial score (nSPS) is 10.2. The van der Waals surface area contributed by atoms with Crippen molar-refractivity contribution < 1.29 is 4.79 Å². The second-order valence-electron chi connectivity index (χ2n) is 3.47. The number of amides is 1. The molecule has 1 N–H and O–H groups in total. The summed E-state index contributed by atoms with van der Waals surface area (Å²) in [5.41, 5.74) is 1.02. The van der Waals surface area contributed by atoms with Gasteiger partial charge in [0.05, 0.1) is 22.5 Å². The van der Waals surface area contributed by atoms with Crippen LogP contribution in [0.1, 0.15) is 10.4 Å². The Hall–Kier alpha value is -0.910. The second-order valence-corrected chi connectivity index (χ2v) is 5.71. The molecule has 0 saturated heterocycles. The number of halogens is 3. The number of aromatic nitrogens is 1. The molecule has 0 radical (unpaired) electrons. The fourth-order valence-electron chi connectivity index (χ4n) is 1.35. The van der Waals surface area contributed by atoms with Gasteiger partial charge in [0.15, 0.2) is 0 Å². The average Bonchev–Trinajstić information content (AvgIpc) is 2.28. The van der Waals surface area contributed by atoms with Crippen LogP contribution in [-0.4, -0.2) is 10.9 Å². The summed E-state index contributed by atoms with van der Waals surface area (Å²) < 4.78 is 1.62. The van der Waals surface area contributed by atoms with Crippen molar-refractivity contribution in [3.8, 4) is 0 Å². The molecule has 6 heteroatoms. The number of nitrogens with one attached hydrogen (secondary N) is 1. The third-order valence-electron chi connectivity index (χ3n) is 2.14. The number of hydrogen-bond acceptors (Lipinski definition) is 2. The Kier molecular flexibility index (Phi) is 4.37. The predicted molar refractivity (Wildman–Crippen MR) is 79.0 cm³/mol. The highest BCUT2D eigenvalue weighted by molar-refractivity contribution is 9.10. The first-order chi connectivity index (χ1) is 8.56. The zero-order valence-electron chi connectivity index (χ0n) is 8.95. The van der Waals surface area contributed by atoms with Gasteiger partial charge in [-0.2, -0.15) is 0 Å². The van der Waals surface area contributed by atoms with Crippen molar-refractivity contribution in [1.29, 1.82) is 0 Å². The Labute approximate surface area is 126 Å². The lowest BCUT2D eigenvalue weighted by Gasteiger charge is -2.07. The van der Waals surface area contributed by atoms with Gasteiger partial charge in [0.2, 0.25) is 0 Å². The monoisotopic (exact) mass is 388 g/mol. The number of rotatable bonds is 2. The molecule has 0 atom stereocenters. The summed E-state index contributed by atoms with van der Waals surface area (Å²) in [5, 5.41) is 3.12. The minimum absolute atomic E-state index is 0.271. The number of pyridine rings is 1. The lowest BCUT2D eigenvalue weighted by molar-refractivity contribution is 0.102. The SMILES string of the molecule is O=C(Nc1cncc(Br)c1)c1ccc(Br)cc1Cl. The number of benzene rings is 1. The first-order valence-electron chi connectivity index (χ1n) is 4.93. The van der Waals surface area contributed by atoms with Crippen LogP contribution in [0.25, 0.3) is 0 Å². The van der Waals surface area contributed by atoms with E-state index in [1.54, 1.807) is 36.7 Å². The van der Waals surface area contributed by atoms with Crippen molar-refractivity contribution in [2.45, 2.75) is 0 Å². The average molecular weight is 390 g/mol. The predicted octanol–water partition coefficient (Wildman–Crippen LogP) is 4.51. The van der Waals surface area contributed by atoms with Crippen molar-refractivity contribution in [3.63, 3.8) is 0 Å². The van der Waals surface area contributed by atoms with E-state index in [1.807, 2.05) is 0 Å². The quantitative estimate of drug-likeness (QED) is 0.820. The van der Waals surface area contributed by atoms with Crippen LogP contribution in [0, 0.1) is 0 Å². The molecule has 2 aromatic rings. The second kappa shape index (κ2) is 5.82. The van der Waals surface area contributed by atoms with E-state index >= 15 is 0 Å². The van der Waals surface area contributed by atoms with Crippen LogP contribution < -0.4 is 5.32 Å². The summed E-state index contributed by atoms with van der Waals surface area (Å²) in [6, 6.07) is 6.86. The Morgan fingerprint density at radius 2 is 1.94 bits per heavy atom. The Bertz CT molecular complexity index is 604. The Balaban J connectivity index is 2.22. The van der Waals surface area contributed by atoms with Crippen molar-refractivity contribution in [2.24, 2.45) is 0 Å². The molecule has 0 unspecified atom stereocenters. The largest absolute Gasteiger partial charge is 0.321 e. The van der Waals surface area contributed by atoms with Gasteiger partial charge < -0.3 is 5.32 Å². The first-order valence-corrected chi connectivity index (χ1v) is 6.89. The van der Waals surface area contributed by atoms with Crippen LogP contribution >= 0.6 is 43.5 Å². The van der Waals surface area contributed by atoms with E-state index in [0.29, 0.717) is 16.3 Å². The number of anilines is 1. The molecule has 0 saturated carbocycles. The maximum absolute atomic E-state index is 12.0. The molecule has 1 amide bonds. The first kappa shape index (κ1) is 13.5. The van der Waals surface area contributed by atoms with Crippen molar-refractivity contribution in [1.82, 2.24) is 4.98 Å². The van der Waals surface area contributed by atoms with Gasteiger partial charge in [-0.25, -0.2) is 0 Å². The van der Waals surface area contributed by atoms with Gasteiger partial charge in [-0.3, -0.25) is 9.78 Å². The van der Waals surface area contributed by atoms with E-state index in [9.17, 15) is 4.79 Å². The topological polar surface area (TPSA) is 42.0 Å².